The molecular weight excluding hydrogens is 177 g/mol. The Morgan fingerprint density at radius 2 is 1.62 bits per heavy atom. The van der Waals surface area contributed by atoms with E-state index < -0.39 is 12.6 Å². The van der Waals surface area contributed by atoms with Crippen molar-refractivity contribution in [1.29, 1.82) is 0 Å². The van der Waals surface area contributed by atoms with Crippen molar-refractivity contribution in [2.75, 3.05) is 0 Å². The molecule has 13 heavy (non-hydrogen) atoms. The first-order chi connectivity index (χ1) is 6.06. The van der Waals surface area contributed by atoms with E-state index in [9.17, 15) is 13.2 Å². The molecule has 0 saturated carbocycles. The van der Waals surface area contributed by atoms with Crippen molar-refractivity contribution in [2.24, 2.45) is 0 Å². The second-order valence-electron chi connectivity index (χ2n) is 3.29. The van der Waals surface area contributed by atoms with Crippen LogP contribution >= 0.6 is 0 Å². The summed E-state index contributed by atoms with van der Waals surface area (Å²) in [4.78, 5) is 0. The molecule has 0 aromatic rings. The summed E-state index contributed by atoms with van der Waals surface area (Å²) in [6.07, 6.45) is 2.62. The molecular formula is C10H18F3. The lowest BCUT2D eigenvalue weighted by Crippen LogP contribution is -2.06. The third-order valence-corrected chi connectivity index (χ3v) is 1.88. The molecule has 0 aliphatic rings. The molecule has 0 saturated heterocycles. The number of hydrogen-bond donors (Lipinski definition) is 0. The van der Waals surface area contributed by atoms with Crippen LogP contribution in [0, 0.1) is 6.42 Å². The molecule has 0 atom stereocenters. The standard InChI is InChI=1S/C10H18F3/c1-2-3-4-5-6-7-8-9-10(11,12)13/h6H,2-5,7-9H2,1H3. The Bertz CT molecular complexity index is 107. The van der Waals surface area contributed by atoms with Crippen LogP contribution in [-0.2, 0) is 0 Å². The molecule has 0 aromatic heterocycles. The predicted molar refractivity (Wildman–Crippen MR) is 48.3 cm³/mol. The van der Waals surface area contributed by atoms with Crippen molar-refractivity contribution < 1.29 is 13.2 Å². The van der Waals surface area contributed by atoms with Crippen molar-refractivity contribution in [2.45, 2.75) is 58.0 Å². The van der Waals surface area contributed by atoms with Crippen LogP contribution in [0.3, 0.4) is 0 Å². The third kappa shape index (κ3) is 11.8. The summed E-state index contributed by atoms with van der Waals surface area (Å²) in [5.41, 5.74) is 0. The van der Waals surface area contributed by atoms with Crippen LogP contribution in [0.1, 0.15) is 51.9 Å². The molecule has 3 heteroatoms. The zero-order valence-electron chi connectivity index (χ0n) is 8.16. The molecule has 0 rings (SSSR count). The van der Waals surface area contributed by atoms with E-state index in [1.54, 1.807) is 0 Å². The highest BCUT2D eigenvalue weighted by molar-refractivity contribution is 4.65. The SMILES string of the molecule is CCCCC[CH]CCCC(F)(F)F. The summed E-state index contributed by atoms with van der Waals surface area (Å²) < 4.78 is 35.0. The molecule has 0 aromatic carbocycles. The molecule has 0 fully saturated rings. The van der Waals surface area contributed by atoms with Crippen molar-refractivity contribution in [3.05, 3.63) is 6.42 Å². The van der Waals surface area contributed by atoms with Crippen molar-refractivity contribution in [3.8, 4) is 0 Å². The third-order valence-electron chi connectivity index (χ3n) is 1.88. The van der Waals surface area contributed by atoms with E-state index in [4.69, 9.17) is 0 Å². The van der Waals surface area contributed by atoms with E-state index in [0.717, 1.165) is 19.3 Å². The first kappa shape index (κ1) is 12.8. The molecule has 0 spiro atoms. The van der Waals surface area contributed by atoms with Crippen LogP contribution in [0.5, 0.6) is 0 Å². The quantitative estimate of drug-likeness (QED) is 0.524. The van der Waals surface area contributed by atoms with E-state index >= 15 is 0 Å². The molecule has 0 aliphatic carbocycles. The van der Waals surface area contributed by atoms with Gasteiger partial charge in [-0.25, -0.2) is 0 Å². The molecule has 0 heterocycles. The topological polar surface area (TPSA) is 0 Å². The van der Waals surface area contributed by atoms with Crippen molar-refractivity contribution in [3.63, 3.8) is 0 Å². The van der Waals surface area contributed by atoms with Gasteiger partial charge in [-0.2, -0.15) is 13.2 Å². The molecule has 0 unspecified atom stereocenters. The Kier molecular flexibility index (Phi) is 7.10. The molecule has 0 aliphatic heterocycles. The van der Waals surface area contributed by atoms with Crippen LogP contribution < -0.4 is 0 Å². The van der Waals surface area contributed by atoms with Crippen LogP contribution in [0.4, 0.5) is 13.2 Å². The molecule has 0 nitrogen and oxygen atoms in total. The highest BCUT2D eigenvalue weighted by Crippen LogP contribution is 2.22. The second kappa shape index (κ2) is 7.22. The lowest BCUT2D eigenvalue weighted by atomic mass is 10.1. The first-order valence-corrected chi connectivity index (χ1v) is 4.94. The minimum Gasteiger partial charge on any atom is -0.171 e. The number of unbranched alkanes of at least 4 members (excludes halogenated alkanes) is 6. The smallest absolute Gasteiger partial charge is 0.171 e. The van der Waals surface area contributed by atoms with Gasteiger partial charge in [-0.1, -0.05) is 32.6 Å². The van der Waals surface area contributed by atoms with Gasteiger partial charge in [0.1, 0.15) is 0 Å². The Labute approximate surface area is 78.5 Å². The van der Waals surface area contributed by atoms with Gasteiger partial charge in [0, 0.05) is 6.42 Å². The average Bonchev–Trinajstić information content (AvgIpc) is 2.01. The maximum Gasteiger partial charge on any atom is 0.389 e. The van der Waals surface area contributed by atoms with Gasteiger partial charge < -0.3 is 0 Å². The van der Waals surface area contributed by atoms with Gasteiger partial charge in [0.15, 0.2) is 0 Å². The van der Waals surface area contributed by atoms with Crippen LogP contribution in [0.25, 0.3) is 0 Å². The van der Waals surface area contributed by atoms with Gasteiger partial charge >= 0.3 is 6.18 Å². The first-order valence-electron chi connectivity index (χ1n) is 4.94. The van der Waals surface area contributed by atoms with Crippen LogP contribution in [-0.4, -0.2) is 6.18 Å². The van der Waals surface area contributed by atoms with Gasteiger partial charge in [-0.15, -0.1) is 0 Å². The largest absolute Gasteiger partial charge is 0.389 e. The lowest BCUT2D eigenvalue weighted by Gasteiger charge is -2.04. The molecule has 0 amide bonds. The van der Waals surface area contributed by atoms with E-state index in [1.165, 1.54) is 6.42 Å². The average molecular weight is 195 g/mol. The molecule has 0 N–H and O–H groups in total. The maximum absolute atomic E-state index is 11.7. The molecule has 79 valence electrons. The Morgan fingerprint density at radius 1 is 1.00 bits per heavy atom. The molecule has 1 radical (unpaired) electrons. The van der Waals surface area contributed by atoms with E-state index in [0.29, 0.717) is 6.42 Å². The lowest BCUT2D eigenvalue weighted by molar-refractivity contribution is -0.135. The minimum absolute atomic E-state index is 0.246. The van der Waals surface area contributed by atoms with Gasteiger partial charge in [0.2, 0.25) is 0 Å². The Balaban J connectivity index is 3.00. The van der Waals surface area contributed by atoms with Crippen LogP contribution in [0.2, 0.25) is 0 Å². The van der Waals surface area contributed by atoms with Gasteiger partial charge in [-0.05, 0) is 19.3 Å². The van der Waals surface area contributed by atoms with Crippen molar-refractivity contribution in [1.82, 2.24) is 0 Å². The fraction of sp³-hybridized carbons (Fsp3) is 0.900. The number of alkyl halides is 3. The highest BCUT2D eigenvalue weighted by Gasteiger charge is 2.25. The van der Waals surface area contributed by atoms with Gasteiger partial charge in [0.05, 0.1) is 0 Å². The molecule has 0 bridgehead atoms. The second-order valence-corrected chi connectivity index (χ2v) is 3.29. The van der Waals surface area contributed by atoms with E-state index in [2.05, 4.69) is 6.92 Å². The van der Waals surface area contributed by atoms with Crippen LogP contribution in [0.15, 0.2) is 0 Å². The number of hydrogen-bond acceptors (Lipinski definition) is 0. The summed E-state index contributed by atoms with van der Waals surface area (Å²) in [7, 11) is 0. The summed E-state index contributed by atoms with van der Waals surface area (Å²) in [6, 6.07) is 0. The monoisotopic (exact) mass is 195 g/mol. The highest BCUT2D eigenvalue weighted by atomic mass is 19.4. The van der Waals surface area contributed by atoms with E-state index in [1.807, 2.05) is 6.42 Å². The predicted octanol–water partition coefficient (Wildman–Crippen LogP) is 4.50. The minimum atomic E-state index is -3.97. The Morgan fingerprint density at radius 3 is 2.15 bits per heavy atom. The summed E-state index contributed by atoms with van der Waals surface area (Å²) >= 11 is 0. The van der Waals surface area contributed by atoms with Gasteiger partial charge in [-0.3, -0.25) is 0 Å². The number of halogens is 3. The summed E-state index contributed by atoms with van der Waals surface area (Å²) in [5, 5.41) is 0. The van der Waals surface area contributed by atoms with E-state index in [-0.39, 0.29) is 6.42 Å². The normalized spacial score (nSPS) is 12.0. The van der Waals surface area contributed by atoms with Crippen molar-refractivity contribution >= 4 is 0 Å². The summed E-state index contributed by atoms with van der Waals surface area (Å²) in [5.74, 6) is 0. The van der Waals surface area contributed by atoms with Gasteiger partial charge in [0.25, 0.3) is 0 Å². The number of rotatable bonds is 7. The fourth-order valence-electron chi connectivity index (χ4n) is 1.13. The summed E-state index contributed by atoms with van der Waals surface area (Å²) in [6.45, 7) is 2.11. The Hall–Kier alpha value is -0.210. The fourth-order valence-corrected chi connectivity index (χ4v) is 1.13. The zero-order valence-corrected chi connectivity index (χ0v) is 8.16. The zero-order chi connectivity index (χ0) is 10.2. The maximum atomic E-state index is 11.7.